The first-order valence-corrected chi connectivity index (χ1v) is 17.7. The standard InChI is InChI=1S/C49H35NO/c1-49(2)45-20-9-7-16-40(45)41-29-28-37(31-46(41)49)50(36-27-22-32-12-3-4-13-34(32)30-36)35-25-23-33(24-26-35)38-14-5-6-15-39(38)43-18-11-19-44-42-17-8-10-21-47(42)51-48(43)44/h3-31H,1-2H3. The van der Waals surface area contributed by atoms with E-state index in [1.165, 1.54) is 38.6 Å². The summed E-state index contributed by atoms with van der Waals surface area (Å²) in [5, 5.41) is 4.74. The molecular formula is C49H35NO. The number of fused-ring (bicyclic) bond motifs is 7. The molecule has 1 aliphatic carbocycles. The Bertz CT molecular complexity index is 2780. The van der Waals surface area contributed by atoms with E-state index in [2.05, 4.69) is 183 Å². The fraction of sp³-hybridized carbons (Fsp3) is 0.0612. The molecule has 0 saturated heterocycles. The van der Waals surface area contributed by atoms with E-state index in [1.54, 1.807) is 0 Å². The molecule has 0 saturated carbocycles. The van der Waals surface area contributed by atoms with Gasteiger partial charge in [0.05, 0.1) is 0 Å². The Morgan fingerprint density at radius 3 is 1.88 bits per heavy atom. The summed E-state index contributed by atoms with van der Waals surface area (Å²) in [6.45, 7) is 4.69. The van der Waals surface area contributed by atoms with E-state index < -0.39 is 0 Å². The van der Waals surface area contributed by atoms with Crippen LogP contribution in [0.4, 0.5) is 17.1 Å². The molecular weight excluding hydrogens is 619 g/mol. The number of para-hydroxylation sites is 2. The molecule has 0 bridgehead atoms. The molecule has 0 aliphatic heterocycles. The normalized spacial score (nSPS) is 13.1. The Morgan fingerprint density at radius 1 is 0.412 bits per heavy atom. The molecule has 9 aromatic rings. The minimum atomic E-state index is -0.0900. The van der Waals surface area contributed by atoms with E-state index in [-0.39, 0.29) is 5.41 Å². The average Bonchev–Trinajstić information content (AvgIpc) is 3.67. The van der Waals surface area contributed by atoms with Gasteiger partial charge in [-0.15, -0.1) is 0 Å². The van der Waals surface area contributed by atoms with Gasteiger partial charge in [-0.2, -0.15) is 0 Å². The number of hydrogen-bond acceptors (Lipinski definition) is 2. The van der Waals surface area contributed by atoms with E-state index >= 15 is 0 Å². The lowest BCUT2D eigenvalue weighted by Gasteiger charge is -2.28. The van der Waals surface area contributed by atoms with Crippen LogP contribution in [0.2, 0.25) is 0 Å². The van der Waals surface area contributed by atoms with Gasteiger partial charge in [-0.3, -0.25) is 0 Å². The highest BCUT2D eigenvalue weighted by Crippen LogP contribution is 2.51. The third kappa shape index (κ3) is 4.64. The van der Waals surface area contributed by atoms with Crippen LogP contribution in [-0.2, 0) is 5.41 Å². The Morgan fingerprint density at radius 2 is 1.02 bits per heavy atom. The maximum absolute atomic E-state index is 6.47. The van der Waals surface area contributed by atoms with Gasteiger partial charge in [0.2, 0.25) is 0 Å². The van der Waals surface area contributed by atoms with Gasteiger partial charge in [0, 0.05) is 38.8 Å². The second kappa shape index (κ2) is 11.3. The minimum absolute atomic E-state index is 0.0900. The van der Waals surface area contributed by atoms with Gasteiger partial charge in [0.1, 0.15) is 11.2 Å². The van der Waals surface area contributed by atoms with E-state index in [1.807, 2.05) is 12.1 Å². The molecule has 0 spiro atoms. The largest absolute Gasteiger partial charge is 0.455 e. The van der Waals surface area contributed by atoms with Gasteiger partial charge in [0.25, 0.3) is 0 Å². The molecule has 2 heteroatoms. The molecule has 0 unspecified atom stereocenters. The second-order valence-corrected chi connectivity index (χ2v) is 14.1. The van der Waals surface area contributed by atoms with Crippen LogP contribution >= 0.6 is 0 Å². The summed E-state index contributed by atoms with van der Waals surface area (Å²) in [5.74, 6) is 0. The zero-order valence-electron chi connectivity index (χ0n) is 28.6. The Hall–Kier alpha value is -6.38. The molecule has 0 atom stereocenters. The van der Waals surface area contributed by atoms with Crippen molar-refractivity contribution in [2.75, 3.05) is 4.90 Å². The van der Waals surface area contributed by atoms with Crippen LogP contribution in [0.3, 0.4) is 0 Å². The average molecular weight is 654 g/mol. The highest BCUT2D eigenvalue weighted by atomic mass is 16.3. The molecule has 0 fully saturated rings. The summed E-state index contributed by atoms with van der Waals surface area (Å²) in [7, 11) is 0. The molecule has 1 aliphatic rings. The fourth-order valence-corrected chi connectivity index (χ4v) is 8.31. The summed E-state index contributed by atoms with van der Waals surface area (Å²) >= 11 is 0. The zero-order chi connectivity index (χ0) is 34.1. The van der Waals surface area contributed by atoms with Gasteiger partial charge in [-0.1, -0.05) is 147 Å². The predicted octanol–water partition coefficient (Wildman–Crippen LogP) is 13.8. The zero-order valence-corrected chi connectivity index (χ0v) is 28.6. The number of benzene rings is 8. The molecule has 8 aromatic carbocycles. The topological polar surface area (TPSA) is 16.4 Å². The maximum atomic E-state index is 6.47. The molecule has 0 radical (unpaired) electrons. The van der Waals surface area contributed by atoms with Gasteiger partial charge in [-0.05, 0) is 92.2 Å². The molecule has 1 heterocycles. The SMILES string of the molecule is CC1(C)c2ccccc2-c2ccc(N(c3ccc(-c4ccccc4-c4cccc5c4oc4ccccc45)cc3)c3ccc4ccccc4c3)cc21. The van der Waals surface area contributed by atoms with Crippen LogP contribution in [0.5, 0.6) is 0 Å². The van der Waals surface area contributed by atoms with Crippen LogP contribution in [-0.4, -0.2) is 0 Å². The van der Waals surface area contributed by atoms with Gasteiger partial charge >= 0.3 is 0 Å². The summed E-state index contributed by atoms with van der Waals surface area (Å²) in [4.78, 5) is 2.40. The second-order valence-electron chi connectivity index (χ2n) is 14.1. The first-order valence-electron chi connectivity index (χ1n) is 17.7. The Labute approximate surface area is 297 Å². The number of hydrogen-bond donors (Lipinski definition) is 0. The van der Waals surface area contributed by atoms with Gasteiger partial charge in [-0.25, -0.2) is 0 Å². The first-order chi connectivity index (χ1) is 25.0. The lowest BCUT2D eigenvalue weighted by molar-refractivity contribution is 0.660. The summed E-state index contributed by atoms with van der Waals surface area (Å²) in [5.41, 5.74) is 15.1. The predicted molar refractivity (Wildman–Crippen MR) is 214 cm³/mol. The molecule has 1 aromatic heterocycles. The minimum Gasteiger partial charge on any atom is -0.455 e. The van der Waals surface area contributed by atoms with Crippen molar-refractivity contribution in [3.63, 3.8) is 0 Å². The van der Waals surface area contributed by atoms with Crippen LogP contribution in [0.1, 0.15) is 25.0 Å². The van der Waals surface area contributed by atoms with Crippen LogP contribution in [0.25, 0.3) is 66.1 Å². The number of furan rings is 1. The molecule has 51 heavy (non-hydrogen) atoms. The maximum Gasteiger partial charge on any atom is 0.143 e. The lowest BCUT2D eigenvalue weighted by atomic mass is 9.82. The van der Waals surface area contributed by atoms with Crippen molar-refractivity contribution in [3.05, 3.63) is 187 Å². The Kier molecular flexibility index (Phi) is 6.56. The van der Waals surface area contributed by atoms with Crippen LogP contribution in [0, 0.1) is 0 Å². The summed E-state index contributed by atoms with van der Waals surface area (Å²) < 4.78 is 6.47. The van der Waals surface area contributed by atoms with Crippen molar-refractivity contribution < 1.29 is 4.42 Å². The molecule has 0 N–H and O–H groups in total. The highest BCUT2D eigenvalue weighted by molar-refractivity contribution is 6.10. The third-order valence-corrected chi connectivity index (χ3v) is 10.9. The lowest BCUT2D eigenvalue weighted by Crippen LogP contribution is -2.16. The van der Waals surface area contributed by atoms with Crippen molar-refractivity contribution in [2.24, 2.45) is 0 Å². The molecule has 0 amide bonds. The van der Waals surface area contributed by atoms with Crippen molar-refractivity contribution in [1.29, 1.82) is 0 Å². The number of anilines is 3. The van der Waals surface area contributed by atoms with Crippen molar-refractivity contribution >= 4 is 49.8 Å². The molecule has 2 nitrogen and oxygen atoms in total. The monoisotopic (exact) mass is 653 g/mol. The Balaban J connectivity index is 1.10. The third-order valence-electron chi connectivity index (χ3n) is 10.9. The molecule has 242 valence electrons. The summed E-state index contributed by atoms with van der Waals surface area (Å²) in [6.07, 6.45) is 0. The van der Waals surface area contributed by atoms with Crippen molar-refractivity contribution in [3.8, 4) is 33.4 Å². The first kappa shape index (κ1) is 29.5. The van der Waals surface area contributed by atoms with E-state index in [9.17, 15) is 0 Å². The van der Waals surface area contributed by atoms with Crippen LogP contribution in [0.15, 0.2) is 180 Å². The van der Waals surface area contributed by atoms with E-state index in [4.69, 9.17) is 4.42 Å². The van der Waals surface area contributed by atoms with Gasteiger partial charge < -0.3 is 9.32 Å². The number of nitrogens with zero attached hydrogens (tertiary/aromatic N) is 1. The fourth-order valence-electron chi connectivity index (χ4n) is 8.31. The number of rotatable bonds is 5. The quantitative estimate of drug-likeness (QED) is 0.184. The summed E-state index contributed by atoms with van der Waals surface area (Å²) in [6, 6.07) is 63.7. The van der Waals surface area contributed by atoms with Gasteiger partial charge in [0.15, 0.2) is 0 Å². The van der Waals surface area contributed by atoms with E-state index in [0.717, 1.165) is 55.7 Å². The smallest absolute Gasteiger partial charge is 0.143 e. The molecule has 10 rings (SSSR count). The van der Waals surface area contributed by atoms with E-state index in [0.29, 0.717) is 0 Å². The van der Waals surface area contributed by atoms with Crippen molar-refractivity contribution in [1.82, 2.24) is 0 Å². The van der Waals surface area contributed by atoms with Crippen LogP contribution < -0.4 is 4.90 Å². The van der Waals surface area contributed by atoms with Crippen molar-refractivity contribution in [2.45, 2.75) is 19.3 Å². The highest BCUT2D eigenvalue weighted by Gasteiger charge is 2.35.